The zero-order valence-corrected chi connectivity index (χ0v) is 10.3. The number of hydrogen-bond donors (Lipinski definition) is 0. The van der Waals surface area contributed by atoms with Gasteiger partial charge in [-0.15, -0.1) is 11.8 Å². The lowest BCUT2D eigenvalue weighted by Crippen LogP contribution is -1.98. The third-order valence-electron chi connectivity index (χ3n) is 1.73. The highest BCUT2D eigenvalue weighted by atomic mass is 35.5. The van der Waals surface area contributed by atoms with Crippen molar-refractivity contribution in [3.8, 4) is 6.07 Å². The first-order chi connectivity index (χ1) is 7.63. The molecule has 0 saturated heterocycles. The van der Waals surface area contributed by atoms with E-state index in [-0.39, 0.29) is 12.6 Å². The van der Waals surface area contributed by atoms with Crippen molar-refractivity contribution < 1.29 is 9.53 Å². The smallest absolute Gasteiger partial charge is 0.302 e. The van der Waals surface area contributed by atoms with E-state index in [9.17, 15) is 4.79 Å². The van der Waals surface area contributed by atoms with Crippen molar-refractivity contribution in [2.24, 2.45) is 0 Å². The van der Waals surface area contributed by atoms with Crippen LogP contribution in [0.25, 0.3) is 0 Å². The molecule has 0 spiro atoms. The van der Waals surface area contributed by atoms with Crippen molar-refractivity contribution in [2.45, 2.75) is 18.4 Å². The molecule has 0 fully saturated rings. The lowest BCUT2D eigenvalue weighted by molar-refractivity contribution is -0.142. The summed E-state index contributed by atoms with van der Waals surface area (Å²) in [6.45, 7) is 1.58. The molecule has 0 aliphatic rings. The van der Waals surface area contributed by atoms with Gasteiger partial charge in [0, 0.05) is 11.8 Å². The minimum absolute atomic E-state index is 0.220. The average molecular weight is 256 g/mol. The van der Waals surface area contributed by atoms with Gasteiger partial charge in [-0.3, -0.25) is 4.79 Å². The zero-order chi connectivity index (χ0) is 12.0. The largest absolute Gasteiger partial charge is 0.461 e. The second-order valence-electron chi connectivity index (χ2n) is 2.99. The van der Waals surface area contributed by atoms with Crippen LogP contribution in [0.15, 0.2) is 23.1 Å². The van der Waals surface area contributed by atoms with Gasteiger partial charge in [-0.1, -0.05) is 17.7 Å². The molecule has 0 radical (unpaired) electrons. The molecule has 3 nitrogen and oxygen atoms in total. The summed E-state index contributed by atoms with van der Waals surface area (Å²) in [7, 11) is 0. The highest BCUT2D eigenvalue weighted by Crippen LogP contribution is 2.27. The fourth-order valence-electron chi connectivity index (χ4n) is 1.05. The van der Waals surface area contributed by atoms with Gasteiger partial charge < -0.3 is 4.74 Å². The van der Waals surface area contributed by atoms with E-state index in [1.165, 1.54) is 18.7 Å². The Bertz CT molecular complexity index is 428. The maximum Gasteiger partial charge on any atom is 0.302 e. The number of thioether (sulfide) groups is 1. The SMILES string of the molecule is CC(=O)OCc1ccc(SCC#N)c(Cl)c1. The number of nitrogens with zero attached hydrogens (tertiary/aromatic N) is 1. The molecule has 0 unspecified atom stereocenters. The lowest BCUT2D eigenvalue weighted by atomic mass is 10.2. The molecule has 0 saturated carbocycles. The first-order valence-corrected chi connectivity index (χ1v) is 5.91. The van der Waals surface area contributed by atoms with Crippen LogP contribution in [0.3, 0.4) is 0 Å². The molecule has 84 valence electrons. The number of nitriles is 1. The Morgan fingerprint density at radius 3 is 2.94 bits per heavy atom. The molecule has 0 bridgehead atoms. The van der Waals surface area contributed by atoms with Crippen LogP contribution in [-0.4, -0.2) is 11.7 Å². The van der Waals surface area contributed by atoms with Crippen LogP contribution < -0.4 is 0 Å². The van der Waals surface area contributed by atoms with Gasteiger partial charge in [-0.25, -0.2) is 0 Å². The Balaban J connectivity index is 2.67. The van der Waals surface area contributed by atoms with Crippen LogP contribution in [0.1, 0.15) is 12.5 Å². The highest BCUT2D eigenvalue weighted by Gasteiger charge is 2.03. The predicted octanol–water partition coefficient (Wildman–Crippen LogP) is 3.02. The Kier molecular flexibility index (Phi) is 5.17. The van der Waals surface area contributed by atoms with Crippen molar-refractivity contribution in [1.82, 2.24) is 0 Å². The summed E-state index contributed by atoms with van der Waals surface area (Å²) in [5.74, 6) is 0.0438. The van der Waals surface area contributed by atoms with Crippen molar-refractivity contribution in [3.05, 3.63) is 28.8 Å². The summed E-state index contributed by atoms with van der Waals surface area (Å²) >= 11 is 7.39. The van der Waals surface area contributed by atoms with E-state index >= 15 is 0 Å². The van der Waals surface area contributed by atoms with E-state index in [4.69, 9.17) is 21.6 Å². The third-order valence-corrected chi connectivity index (χ3v) is 3.10. The van der Waals surface area contributed by atoms with Gasteiger partial charge >= 0.3 is 5.97 Å². The highest BCUT2D eigenvalue weighted by molar-refractivity contribution is 7.99. The first-order valence-electron chi connectivity index (χ1n) is 4.55. The molecule has 0 N–H and O–H groups in total. The van der Waals surface area contributed by atoms with Crippen molar-refractivity contribution >= 4 is 29.3 Å². The normalized spacial score (nSPS) is 9.56. The van der Waals surface area contributed by atoms with Gasteiger partial charge in [-0.05, 0) is 17.7 Å². The number of carbonyl (C=O) groups excluding carboxylic acids is 1. The van der Waals surface area contributed by atoms with E-state index in [0.29, 0.717) is 10.8 Å². The molecule has 0 amide bonds. The summed E-state index contributed by atoms with van der Waals surface area (Å²) in [5, 5.41) is 9.02. The number of esters is 1. The van der Waals surface area contributed by atoms with Gasteiger partial charge in [-0.2, -0.15) is 5.26 Å². The van der Waals surface area contributed by atoms with Gasteiger partial charge in [0.25, 0.3) is 0 Å². The number of rotatable bonds is 4. The minimum Gasteiger partial charge on any atom is -0.461 e. The molecule has 1 rings (SSSR count). The first kappa shape index (κ1) is 12.9. The Hall–Kier alpha value is -1.18. The fraction of sp³-hybridized carbons (Fsp3) is 0.273. The van der Waals surface area contributed by atoms with E-state index in [0.717, 1.165) is 10.5 Å². The van der Waals surface area contributed by atoms with Crippen molar-refractivity contribution in [1.29, 1.82) is 5.26 Å². The second-order valence-corrected chi connectivity index (χ2v) is 4.42. The topological polar surface area (TPSA) is 50.1 Å². The Morgan fingerprint density at radius 2 is 2.38 bits per heavy atom. The number of hydrogen-bond acceptors (Lipinski definition) is 4. The summed E-state index contributed by atoms with van der Waals surface area (Å²) in [4.78, 5) is 11.5. The van der Waals surface area contributed by atoms with Crippen molar-refractivity contribution in [2.75, 3.05) is 5.75 Å². The van der Waals surface area contributed by atoms with Crippen LogP contribution in [0.2, 0.25) is 5.02 Å². The van der Waals surface area contributed by atoms with Crippen LogP contribution >= 0.6 is 23.4 Å². The van der Waals surface area contributed by atoms with Gasteiger partial charge in [0.05, 0.1) is 16.8 Å². The quantitative estimate of drug-likeness (QED) is 0.613. The van der Waals surface area contributed by atoms with Crippen molar-refractivity contribution in [3.63, 3.8) is 0 Å². The molecule has 0 aliphatic carbocycles. The molecule has 5 heteroatoms. The molecule has 0 heterocycles. The molecular formula is C11H10ClNO2S. The number of benzene rings is 1. The molecule has 16 heavy (non-hydrogen) atoms. The van der Waals surface area contributed by atoms with E-state index in [1.54, 1.807) is 6.07 Å². The third kappa shape index (κ3) is 4.13. The van der Waals surface area contributed by atoms with E-state index in [1.807, 2.05) is 18.2 Å². The molecule has 1 aromatic rings. The summed E-state index contributed by atoms with van der Waals surface area (Å²) in [6, 6.07) is 7.42. The molecular weight excluding hydrogens is 246 g/mol. The second kappa shape index (κ2) is 6.41. The van der Waals surface area contributed by atoms with Gasteiger partial charge in [0.1, 0.15) is 6.61 Å². The molecule has 0 atom stereocenters. The standard InChI is InChI=1S/C11H10ClNO2S/c1-8(14)15-7-9-2-3-11(10(12)6-9)16-5-4-13/h2-3,6H,5,7H2,1H3. The molecule has 1 aromatic carbocycles. The summed E-state index contributed by atoms with van der Waals surface area (Å²) < 4.78 is 4.85. The molecule has 0 aromatic heterocycles. The monoisotopic (exact) mass is 255 g/mol. The van der Waals surface area contributed by atoms with Crippen LogP contribution in [-0.2, 0) is 16.1 Å². The summed E-state index contributed by atoms with van der Waals surface area (Å²) in [6.07, 6.45) is 0. The van der Waals surface area contributed by atoms with Crippen LogP contribution in [0.5, 0.6) is 0 Å². The van der Waals surface area contributed by atoms with Gasteiger partial charge in [0.2, 0.25) is 0 Å². The predicted molar refractivity (Wildman–Crippen MR) is 63.3 cm³/mol. The maximum absolute atomic E-state index is 10.6. The number of halogens is 1. The minimum atomic E-state index is -0.320. The summed E-state index contributed by atoms with van der Waals surface area (Å²) in [5.41, 5.74) is 0.835. The molecule has 0 aliphatic heterocycles. The van der Waals surface area contributed by atoms with Crippen LogP contribution in [0.4, 0.5) is 0 Å². The van der Waals surface area contributed by atoms with Gasteiger partial charge in [0.15, 0.2) is 0 Å². The fourth-order valence-corrected chi connectivity index (χ4v) is 1.99. The number of carbonyl (C=O) groups is 1. The van der Waals surface area contributed by atoms with E-state index < -0.39 is 0 Å². The average Bonchev–Trinajstić information content (AvgIpc) is 2.25. The van der Waals surface area contributed by atoms with E-state index in [2.05, 4.69) is 0 Å². The Labute approximate surface area is 103 Å². The zero-order valence-electron chi connectivity index (χ0n) is 8.70. The van der Waals surface area contributed by atoms with Crippen LogP contribution in [0, 0.1) is 11.3 Å². The number of ether oxygens (including phenoxy) is 1. The maximum atomic E-state index is 10.6. The lowest BCUT2D eigenvalue weighted by Gasteiger charge is -2.05. The Morgan fingerprint density at radius 1 is 1.62 bits per heavy atom.